The molecule has 0 aliphatic heterocycles. The quantitative estimate of drug-likeness (QED) is 0.756. The van der Waals surface area contributed by atoms with E-state index in [-0.39, 0.29) is 0 Å². The highest BCUT2D eigenvalue weighted by atomic mass is 16.5. The highest BCUT2D eigenvalue weighted by Gasteiger charge is 2.20. The zero-order valence-corrected chi connectivity index (χ0v) is 11.0. The first kappa shape index (κ1) is 13.5. The molecule has 1 fully saturated rings. The van der Waals surface area contributed by atoms with Crippen LogP contribution in [0.1, 0.15) is 42.4 Å². The Labute approximate surface area is 109 Å². The average molecular weight is 250 g/mol. The normalized spacial score (nSPS) is 17.4. The molecule has 18 heavy (non-hydrogen) atoms. The number of hydrogen-bond donors (Lipinski definition) is 1. The maximum Gasteiger partial charge on any atom is 0.102 e. The first-order valence-electron chi connectivity index (χ1n) is 6.66. The molecule has 1 aliphatic rings. The first-order valence-corrected chi connectivity index (χ1v) is 6.66. The SMILES string of the molecule is COCCOCC(O)c1cccc(C2CCC2)c1. The van der Waals surface area contributed by atoms with Gasteiger partial charge in [0.2, 0.25) is 0 Å². The topological polar surface area (TPSA) is 38.7 Å². The molecule has 3 nitrogen and oxygen atoms in total. The van der Waals surface area contributed by atoms with E-state index >= 15 is 0 Å². The number of methoxy groups -OCH3 is 1. The number of aliphatic hydroxyl groups excluding tert-OH is 1. The number of hydrogen-bond acceptors (Lipinski definition) is 3. The summed E-state index contributed by atoms with van der Waals surface area (Å²) in [6.45, 7) is 1.42. The fourth-order valence-electron chi connectivity index (χ4n) is 2.20. The van der Waals surface area contributed by atoms with E-state index in [0.717, 1.165) is 5.56 Å². The van der Waals surface area contributed by atoms with Crippen molar-refractivity contribution in [2.75, 3.05) is 26.9 Å². The van der Waals surface area contributed by atoms with E-state index in [1.807, 2.05) is 12.1 Å². The van der Waals surface area contributed by atoms with Crippen LogP contribution in [0.3, 0.4) is 0 Å². The molecular formula is C15H22O3. The van der Waals surface area contributed by atoms with Gasteiger partial charge in [-0.3, -0.25) is 0 Å². The van der Waals surface area contributed by atoms with Crippen molar-refractivity contribution < 1.29 is 14.6 Å². The minimum Gasteiger partial charge on any atom is -0.386 e. The second-order valence-corrected chi connectivity index (χ2v) is 4.88. The molecular weight excluding hydrogens is 228 g/mol. The van der Waals surface area contributed by atoms with Crippen molar-refractivity contribution in [2.45, 2.75) is 31.3 Å². The van der Waals surface area contributed by atoms with Crippen molar-refractivity contribution in [3.8, 4) is 0 Å². The highest BCUT2D eigenvalue weighted by Crippen LogP contribution is 2.36. The third-order valence-electron chi connectivity index (χ3n) is 3.58. The van der Waals surface area contributed by atoms with Gasteiger partial charge < -0.3 is 14.6 Å². The molecule has 3 heteroatoms. The highest BCUT2D eigenvalue weighted by molar-refractivity contribution is 5.29. The molecule has 0 bridgehead atoms. The lowest BCUT2D eigenvalue weighted by Gasteiger charge is -2.26. The standard InChI is InChI=1S/C15H22O3/c1-17-8-9-18-11-15(16)14-7-3-6-13(10-14)12-4-2-5-12/h3,6-7,10,12,15-16H,2,4-5,8-9,11H2,1H3. The van der Waals surface area contributed by atoms with Crippen molar-refractivity contribution in [1.82, 2.24) is 0 Å². The molecule has 1 atom stereocenters. The van der Waals surface area contributed by atoms with Crippen LogP contribution in [0.25, 0.3) is 0 Å². The molecule has 1 saturated carbocycles. The van der Waals surface area contributed by atoms with Crippen molar-refractivity contribution in [1.29, 1.82) is 0 Å². The molecule has 1 N–H and O–H groups in total. The summed E-state index contributed by atoms with van der Waals surface area (Å²) in [6.07, 6.45) is 3.35. The van der Waals surface area contributed by atoms with Gasteiger partial charge in [0.25, 0.3) is 0 Å². The summed E-state index contributed by atoms with van der Waals surface area (Å²) in [4.78, 5) is 0. The molecule has 1 unspecified atom stereocenters. The summed E-state index contributed by atoms with van der Waals surface area (Å²) in [7, 11) is 1.64. The van der Waals surface area contributed by atoms with Crippen molar-refractivity contribution >= 4 is 0 Å². The van der Waals surface area contributed by atoms with Gasteiger partial charge in [-0.25, -0.2) is 0 Å². The zero-order valence-electron chi connectivity index (χ0n) is 11.0. The predicted molar refractivity (Wildman–Crippen MR) is 70.7 cm³/mol. The maximum absolute atomic E-state index is 10.1. The van der Waals surface area contributed by atoms with Gasteiger partial charge in [0.05, 0.1) is 19.8 Å². The number of benzene rings is 1. The lowest BCUT2D eigenvalue weighted by molar-refractivity contribution is 0.0125. The van der Waals surface area contributed by atoms with Gasteiger partial charge in [0.15, 0.2) is 0 Å². The number of rotatable bonds is 7. The summed E-state index contributed by atoms with van der Waals surface area (Å²) < 4.78 is 10.3. The minimum absolute atomic E-state index is 0.331. The van der Waals surface area contributed by atoms with Crippen LogP contribution < -0.4 is 0 Å². The monoisotopic (exact) mass is 250 g/mol. The third kappa shape index (κ3) is 3.55. The molecule has 0 heterocycles. The van der Waals surface area contributed by atoms with Crippen molar-refractivity contribution in [3.63, 3.8) is 0 Å². The van der Waals surface area contributed by atoms with Crippen LogP contribution in [0.15, 0.2) is 24.3 Å². The van der Waals surface area contributed by atoms with Gasteiger partial charge in [-0.15, -0.1) is 0 Å². The lowest BCUT2D eigenvalue weighted by atomic mass is 9.79. The van der Waals surface area contributed by atoms with Crippen LogP contribution in [0.4, 0.5) is 0 Å². The summed E-state index contributed by atoms with van der Waals surface area (Å²) in [6, 6.07) is 8.27. The van der Waals surface area contributed by atoms with Crippen LogP contribution in [0.5, 0.6) is 0 Å². The molecule has 0 radical (unpaired) electrons. The Balaban J connectivity index is 1.86. The molecule has 1 aliphatic carbocycles. The van der Waals surface area contributed by atoms with Gasteiger partial charge in [0.1, 0.15) is 6.10 Å². The summed E-state index contributed by atoms with van der Waals surface area (Å²) >= 11 is 0. The summed E-state index contributed by atoms with van der Waals surface area (Å²) in [5.41, 5.74) is 2.31. The van der Waals surface area contributed by atoms with Crippen LogP contribution in [-0.4, -0.2) is 32.0 Å². The van der Waals surface area contributed by atoms with Crippen molar-refractivity contribution in [2.24, 2.45) is 0 Å². The number of ether oxygens (including phenoxy) is 2. The molecule has 2 rings (SSSR count). The van der Waals surface area contributed by atoms with Crippen molar-refractivity contribution in [3.05, 3.63) is 35.4 Å². The molecule has 0 saturated heterocycles. The molecule has 0 spiro atoms. The summed E-state index contributed by atoms with van der Waals surface area (Å²) in [5, 5.41) is 10.1. The fraction of sp³-hybridized carbons (Fsp3) is 0.600. The van der Waals surface area contributed by atoms with E-state index in [2.05, 4.69) is 12.1 Å². The molecule has 100 valence electrons. The summed E-state index contributed by atoms with van der Waals surface area (Å²) in [5.74, 6) is 0.701. The Bertz CT molecular complexity index is 361. The second kappa shape index (κ2) is 6.88. The second-order valence-electron chi connectivity index (χ2n) is 4.88. The Morgan fingerprint density at radius 2 is 2.17 bits per heavy atom. The number of aliphatic hydroxyl groups is 1. The van der Waals surface area contributed by atoms with E-state index in [0.29, 0.717) is 25.7 Å². The predicted octanol–water partition coefficient (Wildman–Crippen LogP) is 2.65. The van der Waals surface area contributed by atoms with Gasteiger partial charge in [-0.1, -0.05) is 30.7 Å². The van der Waals surface area contributed by atoms with E-state index in [9.17, 15) is 5.11 Å². The molecule has 1 aromatic carbocycles. The Hall–Kier alpha value is -0.900. The van der Waals surface area contributed by atoms with Gasteiger partial charge in [-0.2, -0.15) is 0 Å². The largest absolute Gasteiger partial charge is 0.386 e. The molecule has 0 aromatic heterocycles. The van der Waals surface area contributed by atoms with E-state index in [1.165, 1.54) is 24.8 Å². The Morgan fingerprint density at radius 3 is 2.83 bits per heavy atom. The minimum atomic E-state index is -0.540. The first-order chi connectivity index (χ1) is 8.81. The zero-order chi connectivity index (χ0) is 12.8. The Kier molecular flexibility index (Phi) is 5.17. The Morgan fingerprint density at radius 1 is 1.33 bits per heavy atom. The molecule has 0 amide bonds. The molecule has 1 aromatic rings. The van der Waals surface area contributed by atoms with Crippen LogP contribution >= 0.6 is 0 Å². The van der Waals surface area contributed by atoms with E-state index < -0.39 is 6.10 Å². The van der Waals surface area contributed by atoms with E-state index in [1.54, 1.807) is 7.11 Å². The smallest absolute Gasteiger partial charge is 0.102 e. The fourth-order valence-corrected chi connectivity index (χ4v) is 2.20. The van der Waals surface area contributed by atoms with E-state index in [4.69, 9.17) is 9.47 Å². The van der Waals surface area contributed by atoms with Gasteiger partial charge in [-0.05, 0) is 29.9 Å². The maximum atomic E-state index is 10.1. The van der Waals surface area contributed by atoms with Gasteiger partial charge >= 0.3 is 0 Å². The van der Waals surface area contributed by atoms with Crippen LogP contribution in [0.2, 0.25) is 0 Å². The third-order valence-corrected chi connectivity index (χ3v) is 3.58. The average Bonchev–Trinajstić information content (AvgIpc) is 2.33. The van der Waals surface area contributed by atoms with Crippen LogP contribution in [-0.2, 0) is 9.47 Å². The van der Waals surface area contributed by atoms with Gasteiger partial charge in [0, 0.05) is 7.11 Å². The lowest BCUT2D eigenvalue weighted by Crippen LogP contribution is -2.12. The van der Waals surface area contributed by atoms with Crippen LogP contribution in [0, 0.1) is 0 Å².